The van der Waals surface area contributed by atoms with Gasteiger partial charge in [-0.25, -0.2) is 0 Å². The molecular weight excluding hydrogens is 1240 g/mol. The average molecular weight is 1340 g/mol. The van der Waals surface area contributed by atoms with Crippen LogP contribution < -0.4 is 19.7 Å². The summed E-state index contributed by atoms with van der Waals surface area (Å²) in [4.78, 5) is 71.1. The summed E-state index contributed by atoms with van der Waals surface area (Å²) in [5, 5.41) is 50.2. The minimum absolute atomic E-state index is 0.0197. The number of aliphatic hydroxyl groups excluding tert-OH is 4. The zero-order valence-electron chi connectivity index (χ0n) is 60.0. The van der Waals surface area contributed by atoms with Crippen molar-refractivity contribution in [1.29, 1.82) is 0 Å². The first-order valence-corrected chi connectivity index (χ1v) is 35.5. The molecule has 98 heavy (non-hydrogen) atoms. The first-order chi connectivity index (χ1) is 46.7. The number of hydrogen-bond donors (Lipinski definition) is 5. The number of aliphatic hydroxyl groups is 4. The molecule has 2 aliphatic heterocycles. The molecule has 6 saturated carbocycles. The first-order valence-electron chi connectivity index (χ1n) is 35.5. The van der Waals surface area contributed by atoms with Crippen LogP contribution in [0, 0.1) is 64.1 Å². The third kappa shape index (κ3) is 14.0. The first kappa shape index (κ1) is 72.3. The molecule has 6 aliphatic carbocycles. The van der Waals surface area contributed by atoms with Crippen molar-refractivity contribution in [2.45, 2.75) is 162 Å². The number of aryl methyl sites for hydroxylation is 2. The van der Waals surface area contributed by atoms with Gasteiger partial charge < -0.3 is 44.7 Å². The number of aromatic nitrogens is 1. The number of para-hydroxylation sites is 3. The van der Waals surface area contributed by atoms with Gasteiger partial charge in [0.15, 0.2) is 5.78 Å². The molecule has 0 spiro atoms. The van der Waals surface area contributed by atoms with E-state index in [1.807, 2.05) is 92.8 Å². The molecule has 18 nitrogen and oxygen atoms in total. The van der Waals surface area contributed by atoms with Crippen molar-refractivity contribution in [2.75, 3.05) is 53.5 Å². The number of Topliss-reactive ketones (excluding diaryl/α,β-unsaturated/α-hetero) is 1. The number of hydroxylamine groups is 4. The van der Waals surface area contributed by atoms with Gasteiger partial charge in [-0.3, -0.25) is 33.8 Å². The normalized spacial score (nSPS) is 28.1. The number of ketones is 1. The molecule has 6 aromatic rings. The monoisotopic (exact) mass is 1340 g/mol. The SMILES string of the molecule is COc1c(CN2O[C@@H](CO)[C@@H]([C@H](C)O)[C@H]2C(=O)N[C@H]2C[C@H]3C[C@@H]([C@@H]2C)C3(C)C)cccc1-c1cc(C(=O)N(C)C(=O)CCCc2ccccc2)cc(N(C)C)c1.COc1c(CN2O[C@@H](CO)[C@H]([C@H](C)O)C2C(=O)C[C@H]2C[C@H]3C[C@@H]([C@@H]2C)C3(C)C)cccc1-c1cccc2ccn(C)c12. The number of amides is 3. The summed E-state index contributed by atoms with van der Waals surface area (Å²) >= 11 is 0. The van der Waals surface area contributed by atoms with Crippen molar-refractivity contribution in [3.63, 3.8) is 0 Å². The molecule has 16 atom stereocenters. The molecule has 2 saturated heterocycles. The molecule has 18 heteroatoms. The van der Waals surface area contributed by atoms with Crippen LogP contribution in [0.4, 0.5) is 5.69 Å². The van der Waals surface area contributed by atoms with E-state index in [1.54, 1.807) is 50.3 Å². The third-order valence-electron chi connectivity index (χ3n) is 24.3. The Morgan fingerprint density at radius 2 is 1.23 bits per heavy atom. The number of nitrogens with one attached hydrogen (secondary N) is 1. The molecule has 0 radical (unpaired) electrons. The maximum Gasteiger partial charge on any atom is 0.260 e. The summed E-state index contributed by atoms with van der Waals surface area (Å²) in [6.45, 7) is 17.1. The summed E-state index contributed by atoms with van der Waals surface area (Å²) in [6.07, 6.45) is 5.45. The van der Waals surface area contributed by atoms with Crippen LogP contribution in [-0.4, -0.2) is 155 Å². The fraction of sp³-hybridized carbons (Fsp3) is 0.550. The van der Waals surface area contributed by atoms with E-state index in [0.717, 1.165) is 63.9 Å². The number of hydrogen-bond acceptors (Lipinski definition) is 15. The molecule has 5 aromatic carbocycles. The van der Waals surface area contributed by atoms with Crippen molar-refractivity contribution in [2.24, 2.45) is 71.1 Å². The topological polar surface area (TPSA) is 216 Å². The van der Waals surface area contributed by atoms with Gasteiger partial charge in [0.25, 0.3) is 5.91 Å². The Morgan fingerprint density at radius 1 is 0.673 bits per heavy atom. The Morgan fingerprint density at radius 3 is 1.81 bits per heavy atom. The quantitative estimate of drug-likeness (QED) is 0.0403. The third-order valence-corrected chi connectivity index (χ3v) is 24.3. The van der Waals surface area contributed by atoms with Crippen LogP contribution in [0.25, 0.3) is 33.2 Å². The van der Waals surface area contributed by atoms with E-state index in [2.05, 4.69) is 88.0 Å². The van der Waals surface area contributed by atoms with Crippen LogP contribution >= 0.6 is 0 Å². The number of carbonyl (C=O) groups is 4. The van der Waals surface area contributed by atoms with Crippen LogP contribution in [0.3, 0.4) is 0 Å². The van der Waals surface area contributed by atoms with Crippen LogP contribution in [0.2, 0.25) is 0 Å². The molecule has 1 unspecified atom stereocenters. The molecule has 528 valence electrons. The van der Waals surface area contributed by atoms with Gasteiger partial charge in [-0.2, -0.15) is 10.1 Å². The lowest BCUT2D eigenvalue weighted by molar-refractivity contribution is -0.183. The van der Waals surface area contributed by atoms with E-state index in [1.165, 1.54) is 24.8 Å². The lowest BCUT2D eigenvalue weighted by atomic mass is 9.43. The summed E-state index contributed by atoms with van der Waals surface area (Å²) in [5.41, 5.74) is 9.08. The van der Waals surface area contributed by atoms with Crippen molar-refractivity contribution in [3.8, 4) is 33.8 Å². The Balaban J connectivity index is 0.000000206. The number of methoxy groups -OCH3 is 2. The van der Waals surface area contributed by atoms with E-state index in [-0.39, 0.29) is 55.2 Å². The Labute approximate surface area is 579 Å². The van der Waals surface area contributed by atoms with Gasteiger partial charge in [-0.05, 0) is 140 Å². The highest BCUT2D eigenvalue weighted by Gasteiger charge is 2.59. The predicted octanol–water partition coefficient (Wildman–Crippen LogP) is 11.3. The number of fused-ring (bicyclic) bond motifs is 5. The molecular formula is C80H106N6O12. The van der Waals surface area contributed by atoms with Crippen LogP contribution in [-0.2, 0) is 50.6 Å². The number of benzene rings is 5. The number of imide groups is 1. The predicted molar refractivity (Wildman–Crippen MR) is 380 cm³/mol. The highest BCUT2D eigenvalue weighted by molar-refractivity contribution is 6.06. The summed E-state index contributed by atoms with van der Waals surface area (Å²) in [6, 6.07) is 34.1. The minimum Gasteiger partial charge on any atom is -0.496 e. The average Bonchev–Trinajstić information content (AvgIpc) is 1.04. The highest BCUT2D eigenvalue weighted by atomic mass is 16.7. The maximum absolute atomic E-state index is 14.3. The Kier molecular flexibility index (Phi) is 21.9. The number of rotatable bonds is 23. The smallest absolute Gasteiger partial charge is 0.260 e. The van der Waals surface area contributed by atoms with Gasteiger partial charge in [0.2, 0.25) is 11.8 Å². The number of ether oxygens (including phenoxy) is 2. The second kappa shape index (κ2) is 29.7. The van der Waals surface area contributed by atoms with Crippen molar-refractivity contribution in [1.82, 2.24) is 24.9 Å². The van der Waals surface area contributed by atoms with Gasteiger partial charge >= 0.3 is 0 Å². The fourth-order valence-electron chi connectivity index (χ4n) is 18.3. The van der Waals surface area contributed by atoms with Gasteiger partial charge in [-0.1, -0.05) is 126 Å². The Hall–Kier alpha value is -7.00. The zero-order valence-corrected chi connectivity index (χ0v) is 60.0. The molecule has 1 aromatic heterocycles. The summed E-state index contributed by atoms with van der Waals surface area (Å²) in [7, 11) is 10.6. The molecule has 14 rings (SSSR count). The second-order valence-electron chi connectivity index (χ2n) is 30.7. The standard InChI is InChI=1S/C45H60N4O7.C35H46N2O5/c1-27-36-23-33(45(36,3)4)24-37(27)46-43(53)41-40(28(2)51)38(26-50)56-49(41)25-30-17-13-18-35(42(30)55-8)31-20-32(22-34(21-31)47(5)6)44(54)48(7)39(52)19-12-16-29-14-10-9-11-15-29;1-20-24(15-25-17-28(20)35(25,3)4)16-29(40)33-31(21(2)39)30(19-38)42-37(33)18-23-10-8-12-27(34(23)41-6)26-11-7-9-22-13-14-36(5)32(22)26/h9-11,13-15,17-18,20-22,27-28,33,36-38,40-41,50-51H,12,16,19,23-26H2,1-8H3,(H,46,53);7-14,20-21,24-25,28,30-31,33,38-39H,15-19H2,1-6H3/t27-,28-,33+,36-,37-,38-,40+,41-;20-,21+,24-,25+,28+,30+,31+,33?/m01/s1. The molecule has 4 bridgehead atoms. The van der Waals surface area contributed by atoms with E-state index in [9.17, 15) is 39.6 Å². The number of nitrogens with zero attached hydrogens (tertiary/aromatic N) is 5. The minimum atomic E-state index is -0.921. The van der Waals surface area contributed by atoms with Crippen LogP contribution in [0.1, 0.15) is 127 Å². The maximum atomic E-state index is 14.3. The van der Waals surface area contributed by atoms with Crippen molar-refractivity contribution < 1.29 is 58.8 Å². The van der Waals surface area contributed by atoms with Gasteiger partial charge in [0.05, 0.1) is 58.2 Å². The van der Waals surface area contributed by atoms with Gasteiger partial charge in [-0.15, -0.1) is 0 Å². The van der Waals surface area contributed by atoms with E-state index in [4.69, 9.17) is 19.1 Å². The van der Waals surface area contributed by atoms with E-state index in [0.29, 0.717) is 94.2 Å². The van der Waals surface area contributed by atoms with Crippen molar-refractivity contribution >= 4 is 40.1 Å². The molecule has 8 aliphatic rings. The van der Waals surface area contributed by atoms with Gasteiger partial charge in [0, 0.05) is 110 Å². The lowest BCUT2D eigenvalue weighted by Crippen LogP contribution is -2.62. The lowest BCUT2D eigenvalue weighted by Gasteiger charge is -2.62. The largest absolute Gasteiger partial charge is 0.496 e. The molecule has 8 fully saturated rings. The van der Waals surface area contributed by atoms with Crippen LogP contribution in [0.15, 0.2) is 115 Å². The molecule has 5 N–H and O–H groups in total. The number of carbonyl (C=O) groups excluding carboxylic acids is 4. The van der Waals surface area contributed by atoms with Crippen molar-refractivity contribution in [3.05, 3.63) is 138 Å². The summed E-state index contributed by atoms with van der Waals surface area (Å²) < 4.78 is 14.2. The number of anilines is 1. The van der Waals surface area contributed by atoms with Crippen LogP contribution in [0.5, 0.6) is 11.5 Å². The molecule has 3 heterocycles. The highest BCUT2D eigenvalue weighted by Crippen LogP contribution is 2.64. The van der Waals surface area contributed by atoms with E-state index < -0.39 is 54.2 Å². The van der Waals surface area contributed by atoms with Gasteiger partial charge in [0.1, 0.15) is 35.8 Å². The van der Waals surface area contributed by atoms with E-state index >= 15 is 0 Å². The fourth-order valence-corrected chi connectivity index (χ4v) is 18.3. The summed E-state index contributed by atoms with van der Waals surface area (Å²) in [5.74, 6) is 2.86. The zero-order chi connectivity index (χ0) is 70.4. The second-order valence-corrected chi connectivity index (χ2v) is 30.7. The Bertz CT molecular complexity index is 3830. The molecule has 3 amide bonds.